The Bertz CT molecular complexity index is 1220. The van der Waals surface area contributed by atoms with Crippen LogP contribution in [-0.4, -0.2) is 36.5 Å². The molecule has 0 aliphatic heterocycles. The summed E-state index contributed by atoms with van der Waals surface area (Å²) in [6.07, 6.45) is 11.3. The monoisotopic (exact) mass is 449 g/mol. The molecule has 0 aromatic carbocycles. The number of carbonyl (C=O) groups excluding carboxylic acids is 1. The van der Waals surface area contributed by atoms with Crippen molar-refractivity contribution in [2.24, 2.45) is 0 Å². The number of amides is 1. The SMILES string of the molecule is Cc1ccc(-c2cnc3c(NC4CCCCC4)cc(C(=O)NC(C)c4nnc[nH]4)cn23)s1. The fourth-order valence-corrected chi connectivity index (χ4v) is 5.19. The first-order chi connectivity index (χ1) is 15.6. The van der Waals surface area contributed by atoms with Gasteiger partial charge < -0.3 is 15.6 Å². The minimum Gasteiger partial charge on any atom is -0.379 e. The van der Waals surface area contributed by atoms with E-state index < -0.39 is 0 Å². The summed E-state index contributed by atoms with van der Waals surface area (Å²) < 4.78 is 2.03. The lowest BCUT2D eigenvalue weighted by molar-refractivity contribution is 0.0938. The maximum atomic E-state index is 13.2. The molecule has 1 aliphatic rings. The number of aromatic nitrogens is 5. The predicted octanol–water partition coefficient (Wildman–Crippen LogP) is 4.72. The van der Waals surface area contributed by atoms with Gasteiger partial charge in [0.15, 0.2) is 11.5 Å². The highest BCUT2D eigenvalue weighted by Gasteiger charge is 2.20. The van der Waals surface area contributed by atoms with Crippen LogP contribution < -0.4 is 10.6 Å². The first kappa shape index (κ1) is 20.7. The fraction of sp³-hybridized carbons (Fsp3) is 0.391. The minimum absolute atomic E-state index is 0.162. The van der Waals surface area contributed by atoms with Crippen LogP contribution in [0.1, 0.15) is 66.1 Å². The third-order valence-electron chi connectivity index (χ3n) is 6.02. The van der Waals surface area contributed by atoms with E-state index in [-0.39, 0.29) is 11.9 Å². The second-order valence-corrected chi connectivity index (χ2v) is 9.73. The Labute approximate surface area is 190 Å². The number of aryl methyl sites for hydroxylation is 1. The summed E-state index contributed by atoms with van der Waals surface area (Å²) in [6.45, 7) is 3.98. The molecular formula is C23H27N7OS. The lowest BCUT2D eigenvalue weighted by atomic mass is 9.95. The van der Waals surface area contributed by atoms with Gasteiger partial charge in [0.25, 0.3) is 5.91 Å². The van der Waals surface area contributed by atoms with Crippen LogP contribution in [0.2, 0.25) is 0 Å². The molecule has 0 radical (unpaired) electrons. The molecule has 1 saturated carbocycles. The third-order valence-corrected chi connectivity index (χ3v) is 7.04. The van der Waals surface area contributed by atoms with Gasteiger partial charge in [0.1, 0.15) is 6.33 Å². The Morgan fingerprint density at radius 1 is 1.28 bits per heavy atom. The first-order valence-electron chi connectivity index (χ1n) is 11.1. The van der Waals surface area contributed by atoms with Gasteiger partial charge in [-0.15, -0.1) is 21.5 Å². The molecule has 5 rings (SSSR count). The molecule has 9 heteroatoms. The number of thiophene rings is 1. The van der Waals surface area contributed by atoms with Crippen LogP contribution in [0.15, 0.2) is 36.9 Å². The van der Waals surface area contributed by atoms with Crippen LogP contribution in [0.5, 0.6) is 0 Å². The quantitative estimate of drug-likeness (QED) is 0.395. The number of rotatable bonds is 6. The number of pyridine rings is 1. The highest BCUT2D eigenvalue weighted by Crippen LogP contribution is 2.32. The van der Waals surface area contributed by atoms with E-state index in [4.69, 9.17) is 4.98 Å². The van der Waals surface area contributed by atoms with E-state index in [0.717, 1.165) is 34.7 Å². The second-order valence-electron chi connectivity index (χ2n) is 8.44. The topological polar surface area (TPSA) is 100 Å². The molecule has 4 aromatic rings. The molecule has 166 valence electrons. The van der Waals surface area contributed by atoms with Gasteiger partial charge >= 0.3 is 0 Å². The zero-order valence-corrected chi connectivity index (χ0v) is 19.1. The molecule has 1 unspecified atom stereocenters. The van der Waals surface area contributed by atoms with Crippen molar-refractivity contribution in [1.29, 1.82) is 0 Å². The van der Waals surface area contributed by atoms with Crippen LogP contribution in [0, 0.1) is 6.92 Å². The van der Waals surface area contributed by atoms with Crippen molar-refractivity contribution in [1.82, 2.24) is 29.9 Å². The van der Waals surface area contributed by atoms with Crippen LogP contribution in [-0.2, 0) is 0 Å². The lowest BCUT2D eigenvalue weighted by Crippen LogP contribution is -2.28. The summed E-state index contributed by atoms with van der Waals surface area (Å²) in [5, 5.41) is 14.5. The van der Waals surface area contributed by atoms with Crippen LogP contribution >= 0.6 is 11.3 Å². The summed E-state index contributed by atoms with van der Waals surface area (Å²) in [6, 6.07) is 6.26. The summed E-state index contributed by atoms with van der Waals surface area (Å²) in [7, 11) is 0. The summed E-state index contributed by atoms with van der Waals surface area (Å²) in [5.41, 5.74) is 3.31. The van der Waals surface area contributed by atoms with Crippen LogP contribution in [0.3, 0.4) is 0 Å². The van der Waals surface area contributed by atoms with Gasteiger partial charge in [0, 0.05) is 17.1 Å². The molecule has 0 saturated heterocycles. The zero-order valence-electron chi connectivity index (χ0n) is 18.3. The van der Waals surface area contributed by atoms with Crippen molar-refractivity contribution >= 4 is 28.6 Å². The third kappa shape index (κ3) is 4.12. The summed E-state index contributed by atoms with van der Waals surface area (Å²) in [4.78, 5) is 23.2. The Hall–Kier alpha value is -3.20. The average Bonchev–Trinajstić information content (AvgIpc) is 3.55. The van der Waals surface area contributed by atoms with Crippen molar-refractivity contribution in [3.63, 3.8) is 0 Å². The predicted molar refractivity (Wildman–Crippen MR) is 126 cm³/mol. The van der Waals surface area contributed by atoms with Crippen molar-refractivity contribution in [2.45, 2.75) is 58.0 Å². The van der Waals surface area contributed by atoms with Gasteiger partial charge in [-0.3, -0.25) is 9.20 Å². The number of anilines is 1. The van der Waals surface area contributed by atoms with Crippen molar-refractivity contribution in [3.8, 4) is 10.6 Å². The van der Waals surface area contributed by atoms with Gasteiger partial charge in [-0.05, 0) is 44.9 Å². The standard InChI is InChI=1S/C23H27N7OS/c1-14-8-9-20(32-14)19-11-24-22-18(28-17-6-4-3-5-7-17)10-16(12-30(19)22)23(31)27-15(2)21-25-13-26-29-21/h8-13,15,17,28H,3-7H2,1-2H3,(H,27,31)(H,25,26,29). The molecule has 1 aliphatic carbocycles. The van der Waals surface area contributed by atoms with Crippen molar-refractivity contribution < 1.29 is 4.79 Å². The van der Waals surface area contributed by atoms with E-state index in [1.807, 2.05) is 29.8 Å². The molecule has 0 spiro atoms. The second kappa shape index (κ2) is 8.74. The molecule has 1 fully saturated rings. The number of hydrogen-bond acceptors (Lipinski definition) is 6. The number of nitrogens with one attached hydrogen (secondary N) is 3. The molecular weight excluding hydrogens is 422 g/mol. The normalized spacial score (nSPS) is 15.7. The van der Waals surface area contributed by atoms with Gasteiger partial charge in [-0.2, -0.15) is 0 Å². The lowest BCUT2D eigenvalue weighted by Gasteiger charge is -2.24. The largest absolute Gasteiger partial charge is 0.379 e. The molecule has 32 heavy (non-hydrogen) atoms. The van der Waals surface area contributed by atoms with Gasteiger partial charge in [-0.25, -0.2) is 4.98 Å². The number of hydrogen-bond donors (Lipinski definition) is 3. The molecule has 4 heterocycles. The van der Waals surface area contributed by atoms with E-state index >= 15 is 0 Å². The highest BCUT2D eigenvalue weighted by molar-refractivity contribution is 7.15. The van der Waals surface area contributed by atoms with Gasteiger partial charge in [0.05, 0.1) is 34.1 Å². The zero-order chi connectivity index (χ0) is 22.1. The van der Waals surface area contributed by atoms with Gasteiger partial charge in [0.2, 0.25) is 0 Å². The van der Waals surface area contributed by atoms with E-state index in [1.165, 1.54) is 30.5 Å². The van der Waals surface area contributed by atoms with E-state index in [1.54, 1.807) is 11.3 Å². The molecule has 1 amide bonds. The van der Waals surface area contributed by atoms with E-state index in [0.29, 0.717) is 17.4 Å². The fourth-order valence-electron chi connectivity index (χ4n) is 4.31. The molecule has 8 nitrogen and oxygen atoms in total. The summed E-state index contributed by atoms with van der Waals surface area (Å²) >= 11 is 1.72. The average molecular weight is 450 g/mol. The Kier molecular flexibility index (Phi) is 5.65. The molecule has 4 aromatic heterocycles. The Balaban J connectivity index is 1.53. The highest BCUT2D eigenvalue weighted by atomic mass is 32.1. The maximum Gasteiger partial charge on any atom is 0.253 e. The Morgan fingerprint density at radius 2 is 2.12 bits per heavy atom. The van der Waals surface area contributed by atoms with Crippen LogP contribution in [0.25, 0.3) is 16.2 Å². The Morgan fingerprint density at radius 3 is 2.84 bits per heavy atom. The number of H-pyrrole nitrogens is 1. The van der Waals surface area contributed by atoms with E-state index in [2.05, 4.69) is 44.9 Å². The number of carbonyl (C=O) groups is 1. The number of nitrogens with zero attached hydrogens (tertiary/aromatic N) is 4. The van der Waals surface area contributed by atoms with Crippen molar-refractivity contribution in [3.05, 3.63) is 53.2 Å². The van der Waals surface area contributed by atoms with Crippen LogP contribution in [0.4, 0.5) is 5.69 Å². The van der Waals surface area contributed by atoms with Gasteiger partial charge in [-0.1, -0.05) is 19.3 Å². The van der Waals surface area contributed by atoms with Crippen molar-refractivity contribution in [2.75, 3.05) is 5.32 Å². The molecule has 1 atom stereocenters. The maximum absolute atomic E-state index is 13.2. The number of imidazole rings is 1. The number of aromatic amines is 1. The first-order valence-corrected chi connectivity index (χ1v) is 11.9. The molecule has 3 N–H and O–H groups in total. The van der Waals surface area contributed by atoms with E-state index in [9.17, 15) is 4.79 Å². The summed E-state index contributed by atoms with van der Waals surface area (Å²) in [5.74, 6) is 0.460. The number of fused-ring (bicyclic) bond motifs is 1. The molecule has 0 bridgehead atoms. The minimum atomic E-state index is -0.280. The smallest absolute Gasteiger partial charge is 0.253 e.